The number of hydrogen-bond donors (Lipinski definition) is 5. The Morgan fingerprint density at radius 3 is 2.42 bits per heavy atom. The molecular weight excluding hydrogens is 401 g/mol. The van der Waals surface area contributed by atoms with Gasteiger partial charge in [0.05, 0.1) is 5.52 Å². The van der Waals surface area contributed by atoms with Crippen LogP contribution in [0.1, 0.15) is 6.92 Å². The summed E-state index contributed by atoms with van der Waals surface area (Å²) < 4.78 is 28.2. The number of phenols is 1. The van der Waals surface area contributed by atoms with Crippen LogP contribution in [0.3, 0.4) is 0 Å². The smallest absolute Gasteiger partial charge is 0.124 e. The van der Waals surface area contributed by atoms with Crippen molar-refractivity contribution in [2.24, 2.45) is 0 Å². The molecule has 1 aromatic heterocycles. The molecule has 9 heteroatoms. The number of nitrogens with two attached hydrogens (primary N) is 1. The van der Waals surface area contributed by atoms with Gasteiger partial charge >= 0.3 is 88.1 Å². The fraction of sp³-hybridized carbons (Fsp3) is 0.0588. The van der Waals surface area contributed by atoms with Crippen LogP contribution < -0.4 is 15.4 Å². The second kappa shape index (κ2) is 8.05. The maximum absolute atomic E-state index is 10.9. The second-order valence-electron chi connectivity index (χ2n) is 5.36. The monoisotopic (exact) mass is 419 g/mol. The third kappa shape index (κ3) is 5.35. The van der Waals surface area contributed by atoms with Crippen LogP contribution in [0.2, 0.25) is 0 Å². The molecule has 26 heavy (non-hydrogen) atoms. The third-order valence-electron chi connectivity index (χ3n) is 3.23. The Hall–Kier alpha value is -2.80. The van der Waals surface area contributed by atoms with Gasteiger partial charge in [0, 0.05) is 5.39 Å². The molecule has 3 rings (SSSR count). The molecule has 2 aromatic carbocycles. The molecule has 0 radical (unpaired) electrons. The number of carbonyl (C=O) groups excluding carboxylic acids is 1. The van der Waals surface area contributed by atoms with Gasteiger partial charge in [-0.3, -0.25) is 0 Å². The van der Waals surface area contributed by atoms with E-state index >= 15 is 0 Å². The number of nitrogens with zero attached hydrogens (tertiary/aromatic N) is 1. The van der Waals surface area contributed by atoms with E-state index in [9.17, 15) is 13.6 Å². The zero-order valence-electron chi connectivity index (χ0n) is 13.8. The number of para-hydroxylation sites is 1. The average Bonchev–Trinajstić information content (AvgIpc) is 2.53. The molecule has 136 valence electrons. The number of amides is 1. The number of aromatic nitrogens is 1. The Balaban J connectivity index is 0.000000195. The average molecular weight is 419 g/mol. The summed E-state index contributed by atoms with van der Waals surface area (Å²) in [7, 11) is 0. The molecule has 0 bridgehead atoms. The van der Waals surface area contributed by atoms with Gasteiger partial charge in [-0.25, -0.2) is 4.98 Å². The van der Waals surface area contributed by atoms with Gasteiger partial charge in [0.2, 0.25) is 0 Å². The number of nitrogens with one attached hydrogen (secondary N) is 1. The summed E-state index contributed by atoms with van der Waals surface area (Å²) in [6, 6.07) is 15.2. The van der Waals surface area contributed by atoms with Crippen molar-refractivity contribution in [2.75, 3.05) is 11.1 Å². The molecule has 0 aliphatic carbocycles. The van der Waals surface area contributed by atoms with E-state index in [1.54, 1.807) is 0 Å². The van der Waals surface area contributed by atoms with Crippen LogP contribution >= 0.6 is 0 Å². The zero-order chi connectivity index (χ0) is 19.3. The predicted molar refractivity (Wildman–Crippen MR) is 99.1 cm³/mol. The molecular formula is C17H18AsN3O5. The van der Waals surface area contributed by atoms with E-state index in [1.807, 2.05) is 36.4 Å². The maximum Gasteiger partial charge on any atom is 0.124 e. The number of rotatable bonds is 2. The molecule has 6 N–H and O–H groups in total. The minimum atomic E-state index is -5.09. The number of phenolic OH excluding ortho intramolecular Hbond substituents is 1. The molecule has 0 aliphatic rings. The standard InChI is InChI=1S/C9H8N2.C8H10AsNO5/c10-9-6-5-7-3-1-2-4-8(7)11-9;1-5(11)10-6-2-3-7(8(12)4-6)9(13,14)15/h1-6H,(H2,10,11);2-4,12H,1H3,(H,10,11)(H2,13,14,15). The normalized spacial score (nSPS) is 10.7. The van der Waals surface area contributed by atoms with Gasteiger partial charge in [-0.05, 0) is 18.2 Å². The number of benzene rings is 2. The summed E-state index contributed by atoms with van der Waals surface area (Å²) in [5, 5.41) is 12.8. The Morgan fingerprint density at radius 2 is 1.81 bits per heavy atom. The van der Waals surface area contributed by atoms with Crippen molar-refractivity contribution in [2.45, 2.75) is 6.92 Å². The van der Waals surface area contributed by atoms with Crippen molar-refractivity contribution < 1.29 is 21.8 Å². The molecule has 8 nitrogen and oxygen atoms in total. The van der Waals surface area contributed by atoms with Crippen molar-refractivity contribution in [3.8, 4) is 5.75 Å². The summed E-state index contributed by atoms with van der Waals surface area (Å²) in [6.45, 7) is 1.29. The number of anilines is 2. The van der Waals surface area contributed by atoms with Crippen LogP contribution in [-0.2, 0) is 8.53 Å². The number of nitrogen functional groups attached to an aromatic ring is 1. The van der Waals surface area contributed by atoms with E-state index in [2.05, 4.69) is 10.3 Å². The van der Waals surface area contributed by atoms with E-state index in [0.717, 1.165) is 23.0 Å². The van der Waals surface area contributed by atoms with Gasteiger partial charge in [-0.1, -0.05) is 18.2 Å². The van der Waals surface area contributed by atoms with Gasteiger partial charge in [-0.2, -0.15) is 0 Å². The molecule has 1 amide bonds. The minimum Gasteiger partial charge on any atom is -0.384 e. The van der Waals surface area contributed by atoms with Crippen LogP contribution in [0, 0.1) is 0 Å². The fourth-order valence-corrected chi connectivity index (χ4v) is 3.46. The number of carbonyl (C=O) groups is 1. The summed E-state index contributed by atoms with van der Waals surface area (Å²) in [5.74, 6) is -0.277. The fourth-order valence-electron chi connectivity index (χ4n) is 2.13. The topological polar surface area (TPSA) is 146 Å². The SMILES string of the molecule is CC(=O)Nc1ccc([As](=O)(O)O)c(O)c1.Nc1ccc2ccccc2n1. The molecule has 0 saturated heterocycles. The Morgan fingerprint density at radius 1 is 1.12 bits per heavy atom. The van der Waals surface area contributed by atoms with E-state index in [0.29, 0.717) is 5.82 Å². The molecule has 0 atom stereocenters. The molecule has 3 aromatic rings. The molecule has 0 spiro atoms. The number of fused-ring (bicyclic) bond motifs is 1. The first-order chi connectivity index (χ1) is 12.2. The molecule has 0 aliphatic heterocycles. The number of pyridine rings is 1. The second-order valence-corrected chi connectivity index (χ2v) is 8.65. The summed E-state index contributed by atoms with van der Waals surface area (Å²) >= 11 is -5.09. The van der Waals surface area contributed by atoms with Gasteiger partial charge < -0.3 is 5.73 Å². The van der Waals surface area contributed by atoms with Crippen LogP contribution in [0.4, 0.5) is 11.5 Å². The van der Waals surface area contributed by atoms with Crippen LogP contribution in [0.5, 0.6) is 5.75 Å². The zero-order valence-corrected chi connectivity index (χ0v) is 15.7. The first-order valence-electron chi connectivity index (χ1n) is 7.45. The van der Waals surface area contributed by atoms with E-state index in [-0.39, 0.29) is 11.6 Å². The predicted octanol–water partition coefficient (Wildman–Crippen LogP) is 0.729. The minimum absolute atomic E-state index is 0.285. The summed E-state index contributed by atoms with van der Waals surface area (Å²) in [5.41, 5.74) is 6.75. The molecule has 0 saturated carbocycles. The first kappa shape index (κ1) is 19.5. The quantitative estimate of drug-likeness (QED) is 0.385. The van der Waals surface area contributed by atoms with Gasteiger partial charge in [0.15, 0.2) is 0 Å². The van der Waals surface area contributed by atoms with Crippen molar-refractivity contribution >= 4 is 46.8 Å². The summed E-state index contributed by atoms with van der Waals surface area (Å²) in [4.78, 5) is 14.8. The Labute approximate surface area is 152 Å². The van der Waals surface area contributed by atoms with Gasteiger partial charge in [-0.15, -0.1) is 0 Å². The first-order valence-corrected chi connectivity index (χ1v) is 10.8. The summed E-state index contributed by atoms with van der Waals surface area (Å²) in [6.07, 6.45) is 0. The molecule has 0 fully saturated rings. The van der Waals surface area contributed by atoms with Crippen LogP contribution in [-0.4, -0.2) is 38.4 Å². The largest absolute Gasteiger partial charge is 0.384 e. The van der Waals surface area contributed by atoms with Crippen molar-refractivity contribution in [1.82, 2.24) is 4.98 Å². The van der Waals surface area contributed by atoms with E-state index in [4.69, 9.17) is 13.9 Å². The number of aromatic hydroxyl groups is 1. The van der Waals surface area contributed by atoms with Crippen LogP contribution in [0.25, 0.3) is 10.9 Å². The van der Waals surface area contributed by atoms with Gasteiger partial charge in [0.25, 0.3) is 0 Å². The molecule has 0 unspecified atom stereocenters. The Bertz CT molecular complexity index is 987. The third-order valence-corrected chi connectivity index (χ3v) is 5.34. The number of hydrogen-bond acceptors (Lipinski definition) is 5. The van der Waals surface area contributed by atoms with E-state index < -0.39 is 24.3 Å². The molecule has 1 heterocycles. The van der Waals surface area contributed by atoms with Crippen molar-refractivity contribution in [1.29, 1.82) is 0 Å². The maximum atomic E-state index is 10.9. The van der Waals surface area contributed by atoms with Crippen molar-refractivity contribution in [3.63, 3.8) is 0 Å². The Kier molecular flexibility index (Phi) is 6.05. The van der Waals surface area contributed by atoms with E-state index in [1.165, 1.54) is 13.0 Å². The van der Waals surface area contributed by atoms with Gasteiger partial charge in [0.1, 0.15) is 5.82 Å². The van der Waals surface area contributed by atoms with Crippen molar-refractivity contribution in [3.05, 3.63) is 54.6 Å². The van der Waals surface area contributed by atoms with Crippen LogP contribution in [0.15, 0.2) is 54.6 Å².